The molecule has 0 bridgehead atoms. The molecule has 0 saturated heterocycles. The highest BCUT2D eigenvalue weighted by Crippen LogP contribution is 2.10. The molecule has 2 unspecified atom stereocenters. The van der Waals surface area contributed by atoms with Crippen LogP contribution in [0.15, 0.2) is 0 Å². The number of hydrogen-bond donors (Lipinski definition) is 1. The first-order valence-electron chi connectivity index (χ1n) is 8.22. The zero-order valence-electron chi connectivity index (χ0n) is 13.5. The monoisotopic (exact) mass is 273 g/mol. The number of hydrogen-bond acceptors (Lipinski definition) is 3. The van der Waals surface area contributed by atoms with Crippen molar-refractivity contribution in [3.8, 4) is 0 Å². The summed E-state index contributed by atoms with van der Waals surface area (Å²) in [5.74, 6) is 0. The van der Waals surface area contributed by atoms with E-state index in [0.717, 1.165) is 39.2 Å². The van der Waals surface area contributed by atoms with Crippen molar-refractivity contribution in [3.63, 3.8) is 0 Å². The lowest BCUT2D eigenvalue weighted by Crippen LogP contribution is -2.42. The predicted octanol–water partition coefficient (Wildman–Crippen LogP) is 3.77. The number of rotatable bonds is 14. The van der Waals surface area contributed by atoms with Gasteiger partial charge in [0.1, 0.15) is 0 Å². The van der Waals surface area contributed by atoms with E-state index >= 15 is 0 Å². The van der Waals surface area contributed by atoms with E-state index in [1.165, 1.54) is 25.7 Å². The third kappa shape index (κ3) is 10.3. The van der Waals surface area contributed by atoms with E-state index in [-0.39, 0.29) is 0 Å². The van der Waals surface area contributed by atoms with Gasteiger partial charge in [-0.2, -0.15) is 0 Å². The Morgan fingerprint density at radius 1 is 0.895 bits per heavy atom. The third-order valence-electron chi connectivity index (χ3n) is 3.31. The molecule has 0 amide bonds. The third-order valence-corrected chi connectivity index (χ3v) is 3.31. The summed E-state index contributed by atoms with van der Waals surface area (Å²) in [5, 5.41) is 3.62. The summed E-state index contributed by atoms with van der Waals surface area (Å²) in [7, 11) is 0. The molecule has 0 aromatic rings. The molecule has 0 aliphatic carbocycles. The van der Waals surface area contributed by atoms with Crippen molar-refractivity contribution in [1.29, 1.82) is 0 Å². The van der Waals surface area contributed by atoms with E-state index in [1.807, 2.05) is 0 Å². The summed E-state index contributed by atoms with van der Waals surface area (Å²) < 4.78 is 11.5. The molecule has 0 fully saturated rings. The summed E-state index contributed by atoms with van der Waals surface area (Å²) in [6.45, 7) is 12.2. The highest BCUT2D eigenvalue weighted by atomic mass is 16.5. The maximum Gasteiger partial charge on any atom is 0.0726 e. The number of nitrogens with one attached hydrogen (secondary N) is 1. The van der Waals surface area contributed by atoms with Gasteiger partial charge in [0.15, 0.2) is 0 Å². The van der Waals surface area contributed by atoms with Gasteiger partial charge in [-0.1, -0.05) is 40.5 Å². The minimum absolute atomic E-state index is 0.321. The van der Waals surface area contributed by atoms with E-state index in [0.29, 0.717) is 12.1 Å². The Morgan fingerprint density at radius 3 is 2.26 bits per heavy atom. The molecular weight excluding hydrogens is 238 g/mol. The Morgan fingerprint density at radius 2 is 1.68 bits per heavy atom. The molecule has 0 rings (SSSR count). The molecule has 1 N–H and O–H groups in total. The first-order valence-corrected chi connectivity index (χ1v) is 8.22. The van der Waals surface area contributed by atoms with Gasteiger partial charge in [-0.25, -0.2) is 0 Å². The van der Waals surface area contributed by atoms with Crippen LogP contribution < -0.4 is 5.32 Å². The van der Waals surface area contributed by atoms with Crippen LogP contribution in [-0.2, 0) is 9.47 Å². The number of ether oxygens (including phenoxy) is 2. The summed E-state index contributed by atoms with van der Waals surface area (Å²) in [6.07, 6.45) is 7.30. The Bertz CT molecular complexity index is 176. The van der Waals surface area contributed by atoms with Crippen LogP contribution in [0.3, 0.4) is 0 Å². The molecule has 0 saturated carbocycles. The smallest absolute Gasteiger partial charge is 0.0726 e. The topological polar surface area (TPSA) is 30.5 Å². The second-order valence-corrected chi connectivity index (χ2v) is 5.13. The minimum atomic E-state index is 0.321. The standard InChI is InChI=1S/C16H35NO2/c1-5-9-12-18-13-14-19-16(8-4)15(10-6-2)17-11-7-3/h15-17H,5-14H2,1-4H3. The quantitative estimate of drug-likeness (QED) is 0.489. The molecule has 0 aromatic heterocycles. The van der Waals surface area contributed by atoms with Crippen LogP contribution in [0.2, 0.25) is 0 Å². The van der Waals surface area contributed by atoms with Crippen LogP contribution in [0, 0.1) is 0 Å². The summed E-state index contributed by atoms with van der Waals surface area (Å²) >= 11 is 0. The minimum Gasteiger partial charge on any atom is -0.379 e. The van der Waals surface area contributed by atoms with Gasteiger partial charge in [-0.3, -0.25) is 0 Å². The molecule has 0 spiro atoms. The normalized spacial score (nSPS) is 14.5. The van der Waals surface area contributed by atoms with Crippen molar-refractivity contribution in [2.45, 2.75) is 78.4 Å². The average molecular weight is 273 g/mol. The Labute approximate surface area is 120 Å². The fraction of sp³-hybridized carbons (Fsp3) is 1.00. The maximum absolute atomic E-state index is 6.00. The fourth-order valence-electron chi connectivity index (χ4n) is 2.19. The average Bonchev–Trinajstić information content (AvgIpc) is 2.43. The maximum atomic E-state index is 6.00. The van der Waals surface area contributed by atoms with Gasteiger partial charge in [0, 0.05) is 12.6 Å². The van der Waals surface area contributed by atoms with Crippen LogP contribution in [0.25, 0.3) is 0 Å². The van der Waals surface area contributed by atoms with Crippen LogP contribution in [-0.4, -0.2) is 38.5 Å². The predicted molar refractivity (Wildman–Crippen MR) is 82.7 cm³/mol. The molecule has 0 aromatic carbocycles. The lowest BCUT2D eigenvalue weighted by molar-refractivity contribution is -0.0149. The summed E-state index contributed by atoms with van der Waals surface area (Å²) in [5.41, 5.74) is 0. The first kappa shape index (κ1) is 18.9. The zero-order chi connectivity index (χ0) is 14.3. The Hall–Kier alpha value is -0.120. The lowest BCUT2D eigenvalue weighted by atomic mass is 10.0. The van der Waals surface area contributed by atoms with Crippen molar-refractivity contribution in [2.24, 2.45) is 0 Å². The summed E-state index contributed by atoms with van der Waals surface area (Å²) in [6, 6.07) is 0.491. The highest BCUT2D eigenvalue weighted by molar-refractivity contribution is 4.75. The van der Waals surface area contributed by atoms with E-state index in [9.17, 15) is 0 Å². The zero-order valence-corrected chi connectivity index (χ0v) is 13.5. The van der Waals surface area contributed by atoms with E-state index in [2.05, 4.69) is 33.0 Å². The Kier molecular flexibility index (Phi) is 14.2. The molecule has 116 valence electrons. The second kappa shape index (κ2) is 14.3. The molecule has 0 heterocycles. The van der Waals surface area contributed by atoms with Crippen LogP contribution in [0.1, 0.15) is 66.2 Å². The lowest BCUT2D eigenvalue weighted by Gasteiger charge is -2.27. The van der Waals surface area contributed by atoms with Gasteiger partial charge in [0.25, 0.3) is 0 Å². The van der Waals surface area contributed by atoms with Gasteiger partial charge in [-0.15, -0.1) is 0 Å². The molecule has 0 radical (unpaired) electrons. The van der Waals surface area contributed by atoms with Crippen molar-refractivity contribution in [3.05, 3.63) is 0 Å². The number of unbranched alkanes of at least 4 members (excludes halogenated alkanes) is 1. The van der Waals surface area contributed by atoms with Crippen molar-refractivity contribution in [2.75, 3.05) is 26.4 Å². The highest BCUT2D eigenvalue weighted by Gasteiger charge is 2.18. The Balaban J connectivity index is 3.85. The van der Waals surface area contributed by atoms with Crippen LogP contribution >= 0.6 is 0 Å². The largest absolute Gasteiger partial charge is 0.379 e. The SMILES string of the molecule is CCCCOCCOC(CC)C(CCC)NCCC. The van der Waals surface area contributed by atoms with Crippen molar-refractivity contribution in [1.82, 2.24) is 5.32 Å². The van der Waals surface area contributed by atoms with Crippen molar-refractivity contribution >= 4 is 0 Å². The molecule has 0 aliphatic rings. The van der Waals surface area contributed by atoms with Crippen LogP contribution in [0.4, 0.5) is 0 Å². The molecular formula is C16H35NO2. The fourth-order valence-corrected chi connectivity index (χ4v) is 2.19. The van der Waals surface area contributed by atoms with Gasteiger partial charge in [0.05, 0.1) is 19.3 Å². The van der Waals surface area contributed by atoms with Crippen LogP contribution in [0.5, 0.6) is 0 Å². The van der Waals surface area contributed by atoms with E-state index in [1.54, 1.807) is 0 Å². The van der Waals surface area contributed by atoms with Gasteiger partial charge < -0.3 is 14.8 Å². The molecule has 0 aliphatic heterocycles. The van der Waals surface area contributed by atoms with Gasteiger partial charge in [-0.05, 0) is 32.2 Å². The molecule has 19 heavy (non-hydrogen) atoms. The molecule has 3 heteroatoms. The van der Waals surface area contributed by atoms with Gasteiger partial charge in [0.2, 0.25) is 0 Å². The van der Waals surface area contributed by atoms with E-state index in [4.69, 9.17) is 9.47 Å². The first-order chi connectivity index (χ1) is 9.29. The van der Waals surface area contributed by atoms with E-state index < -0.39 is 0 Å². The molecule has 3 nitrogen and oxygen atoms in total. The van der Waals surface area contributed by atoms with Crippen molar-refractivity contribution < 1.29 is 9.47 Å². The van der Waals surface area contributed by atoms with Gasteiger partial charge >= 0.3 is 0 Å². The summed E-state index contributed by atoms with van der Waals surface area (Å²) in [4.78, 5) is 0. The molecule has 2 atom stereocenters. The second-order valence-electron chi connectivity index (χ2n) is 5.13.